The summed E-state index contributed by atoms with van der Waals surface area (Å²) in [5.74, 6) is 2.22. The molecule has 1 aromatic heterocycles. The third-order valence-corrected chi connectivity index (χ3v) is 4.67. The number of carbonyl (C=O) groups excluding carboxylic acids is 1. The lowest BCUT2D eigenvalue weighted by Crippen LogP contribution is -2.13. The molecule has 0 bridgehead atoms. The van der Waals surface area contributed by atoms with Crippen LogP contribution in [0.2, 0.25) is 0 Å². The summed E-state index contributed by atoms with van der Waals surface area (Å²) >= 11 is 0. The molecule has 4 rings (SSSR count). The van der Waals surface area contributed by atoms with Crippen LogP contribution in [-0.2, 0) is 4.79 Å². The summed E-state index contributed by atoms with van der Waals surface area (Å²) in [5, 5.41) is 14.9. The molecule has 0 atom stereocenters. The first-order chi connectivity index (χ1) is 14.2. The number of methoxy groups -OCH3 is 1. The van der Waals surface area contributed by atoms with Crippen LogP contribution in [0.1, 0.15) is 31.7 Å². The molecule has 1 fully saturated rings. The number of ether oxygens (including phenoxy) is 2. The maximum atomic E-state index is 12.3. The summed E-state index contributed by atoms with van der Waals surface area (Å²) in [5.41, 5.74) is 1.62. The second-order valence-corrected chi connectivity index (χ2v) is 6.93. The average molecular weight is 393 g/mol. The highest BCUT2D eigenvalue weighted by Gasteiger charge is 2.28. The number of anilines is 1. The molecule has 8 heteroatoms. The fourth-order valence-electron chi connectivity index (χ4n) is 3.00. The number of carbonyl (C=O) groups is 1. The van der Waals surface area contributed by atoms with E-state index >= 15 is 0 Å². The van der Waals surface area contributed by atoms with E-state index in [0.29, 0.717) is 25.5 Å². The standard InChI is InChI=1S/C21H23N5O3/c1-28-18-9-11-19(12-10-18)29-13-3-6-20(27)22-16-5-2-4-15(14-16)21-23-24-25-26(21)17-7-8-17/h2,4-5,9-12,14,17H,3,6-8,13H2,1H3,(H,22,27). The number of nitrogens with zero attached hydrogens (tertiary/aromatic N) is 4. The van der Waals surface area contributed by atoms with Crippen molar-refractivity contribution in [3.63, 3.8) is 0 Å². The molecule has 0 aliphatic heterocycles. The van der Waals surface area contributed by atoms with Gasteiger partial charge in [0, 0.05) is 17.7 Å². The Hall–Kier alpha value is -3.42. The highest BCUT2D eigenvalue weighted by molar-refractivity contribution is 5.91. The number of aromatic nitrogens is 4. The van der Waals surface area contributed by atoms with Gasteiger partial charge in [0.05, 0.1) is 19.8 Å². The van der Waals surface area contributed by atoms with Crippen LogP contribution in [0.4, 0.5) is 5.69 Å². The van der Waals surface area contributed by atoms with Gasteiger partial charge >= 0.3 is 0 Å². The van der Waals surface area contributed by atoms with Crippen molar-refractivity contribution < 1.29 is 14.3 Å². The first-order valence-corrected chi connectivity index (χ1v) is 9.68. The van der Waals surface area contributed by atoms with E-state index < -0.39 is 0 Å². The monoisotopic (exact) mass is 393 g/mol. The zero-order valence-corrected chi connectivity index (χ0v) is 16.2. The number of nitrogens with one attached hydrogen (secondary N) is 1. The van der Waals surface area contributed by atoms with Crippen LogP contribution in [0.25, 0.3) is 11.4 Å². The lowest BCUT2D eigenvalue weighted by Gasteiger charge is -2.09. The molecule has 1 aliphatic carbocycles. The van der Waals surface area contributed by atoms with Crippen LogP contribution in [0, 0.1) is 0 Å². The molecule has 1 saturated carbocycles. The van der Waals surface area contributed by atoms with E-state index in [9.17, 15) is 4.79 Å². The minimum Gasteiger partial charge on any atom is -0.497 e. The molecule has 2 aromatic carbocycles. The smallest absolute Gasteiger partial charge is 0.224 e. The van der Waals surface area contributed by atoms with Gasteiger partial charge in [0.2, 0.25) is 5.91 Å². The normalized spacial score (nSPS) is 13.1. The van der Waals surface area contributed by atoms with Crippen molar-refractivity contribution in [2.75, 3.05) is 19.0 Å². The van der Waals surface area contributed by atoms with Crippen molar-refractivity contribution in [3.8, 4) is 22.9 Å². The predicted octanol–water partition coefficient (Wildman–Crippen LogP) is 3.48. The van der Waals surface area contributed by atoms with Crippen molar-refractivity contribution in [2.45, 2.75) is 31.7 Å². The fraction of sp³-hybridized carbons (Fsp3) is 0.333. The Balaban J connectivity index is 1.26. The molecular formula is C21H23N5O3. The molecule has 29 heavy (non-hydrogen) atoms. The van der Waals surface area contributed by atoms with E-state index in [4.69, 9.17) is 9.47 Å². The van der Waals surface area contributed by atoms with E-state index in [0.717, 1.165) is 41.4 Å². The van der Waals surface area contributed by atoms with Crippen LogP contribution < -0.4 is 14.8 Å². The third-order valence-electron chi connectivity index (χ3n) is 4.67. The van der Waals surface area contributed by atoms with Gasteiger partial charge in [-0.05, 0) is 66.1 Å². The highest BCUT2D eigenvalue weighted by Crippen LogP contribution is 2.36. The number of rotatable bonds is 9. The molecule has 1 aliphatic rings. The van der Waals surface area contributed by atoms with Gasteiger partial charge in [-0.15, -0.1) is 5.10 Å². The second kappa shape index (κ2) is 8.72. The van der Waals surface area contributed by atoms with Crippen molar-refractivity contribution in [1.82, 2.24) is 20.2 Å². The summed E-state index contributed by atoms with van der Waals surface area (Å²) in [6, 6.07) is 15.4. The van der Waals surface area contributed by atoms with Crippen LogP contribution in [0.3, 0.4) is 0 Å². The van der Waals surface area contributed by atoms with Crippen LogP contribution >= 0.6 is 0 Å². The molecule has 8 nitrogen and oxygen atoms in total. The SMILES string of the molecule is COc1ccc(OCCCC(=O)Nc2cccc(-c3nnnn3C3CC3)c2)cc1. The van der Waals surface area contributed by atoms with Gasteiger partial charge in [0.25, 0.3) is 0 Å². The zero-order chi connectivity index (χ0) is 20.1. The molecule has 1 amide bonds. The third kappa shape index (κ3) is 4.90. The minimum atomic E-state index is -0.0535. The van der Waals surface area contributed by atoms with Crippen molar-refractivity contribution in [3.05, 3.63) is 48.5 Å². The molecule has 0 saturated heterocycles. The Kier molecular flexibility index (Phi) is 5.69. The summed E-state index contributed by atoms with van der Waals surface area (Å²) in [6.45, 7) is 0.468. The minimum absolute atomic E-state index is 0.0535. The van der Waals surface area contributed by atoms with Gasteiger partial charge in [-0.3, -0.25) is 4.79 Å². The van der Waals surface area contributed by atoms with Crippen molar-refractivity contribution in [2.24, 2.45) is 0 Å². The summed E-state index contributed by atoms with van der Waals surface area (Å²) < 4.78 is 12.6. The predicted molar refractivity (Wildman–Crippen MR) is 108 cm³/mol. The highest BCUT2D eigenvalue weighted by atomic mass is 16.5. The van der Waals surface area contributed by atoms with E-state index in [1.165, 1.54) is 0 Å². The van der Waals surface area contributed by atoms with Gasteiger partial charge < -0.3 is 14.8 Å². The summed E-state index contributed by atoms with van der Waals surface area (Å²) in [4.78, 5) is 12.3. The van der Waals surface area contributed by atoms with Gasteiger partial charge in [-0.25, -0.2) is 4.68 Å². The number of hydrogen-bond acceptors (Lipinski definition) is 6. The summed E-state index contributed by atoms with van der Waals surface area (Å²) in [6.07, 6.45) is 3.21. The van der Waals surface area contributed by atoms with Crippen LogP contribution in [-0.4, -0.2) is 39.8 Å². The molecule has 1 heterocycles. The van der Waals surface area contributed by atoms with E-state index in [1.807, 2.05) is 53.2 Å². The molecule has 0 unspecified atom stereocenters. The quantitative estimate of drug-likeness (QED) is 0.560. The average Bonchev–Trinajstić information content (AvgIpc) is 3.48. The van der Waals surface area contributed by atoms with E-state index in [1.54, 1.807) is 7.11 Å². The topological polar surface area (TPSA) is 91.2 Å². The Bertz CT molecular complexity index is 966. The first kappa shape index (κ1) is 18.9. The maximum absolute atomic E-state index is 12.3. The lowest BCUT2D eigenvalue weighted by atomic mass is 10.2. The van der Waals surface area contributed by atoms with Gasteiger partial charge in [0.15, 0.2) is 5.82 Å². The van der Waals surface area contributed by atoms with Crippen molar-refractivity contribution in [1.29, 1.82) is 0 Å². The van der Waals surface area contributed by atoms with Gasteiger partial charge in [0.1, 0.15) is 11.5 Å². The number of hydrogen-bond donors (Lipinski definition) is 1. The Morgan fingerprint density at radius 3 is 2.72 bits per heavy atom. The maximum Gasteiger partial charge on any atom is 0.224 e. The van der Waals surface area contributed by atoms with E-state index in [-0.39, 0.29) is 5.91 Å². The number of benzene rings is 2. The van der Waals surface area contributed by atoms with E-state index in [2.05, 4.69) is 20.8 Å². The van der Waals surface area contributed by atoms with Crippen LogP contribution in [0.15, 0.2) is 48.5 Å². The Morgan fingerprint density at radius 1 is 1.17 bits per heavy atom. The van der Waals surface area contributed by atoms with Crippen LogP contribution in [0.5, 0.6) is 11.5 Å². The number of tetrazole rings is 1. The van der Waals surface area contributed by atoms with Crippen molar-refractivity contribution >= 4 is 11.6 Å². The number of amides is 1. The largest absolute Gasteiger partial charge is 0.497 e. The lowest BCUT2D eigenvalue weighted by molar-refractivity contribution is -0.116. The molecule has 0 spiro atoms. The Morgan fingerprint density at radius 2 is 1.97 bits per heavy atom. The first-order valence-electron chi connectivity index (χ1n) is 9.68. The molecule has 150 valence electrons. The molecule has 3 aromatic rings. The molecule has 0 radical (unpaired) electrons. The molecular weight excluding hydrogens is 370 g/mol. The second-order valence-electron chi connectivity index (χ2n) is 6.93. The molecule has 1 N–H and O–H groups in total. The Labute approximate surface area is 168 Å². The zero-order valence-electron chi connectivity index (χ0n) is 16.2. The fourth-order valence-corrected chi connectivity index (χ4v) is 3.00. The summed E-state index contributed by atoms with van der Waals surface area (Å²) in [7, 11) is 1.62. The van der Waals surface area contributed by atoms with Gasteiger partial charge in [-0.2, -0.15) is 0 Å². The van der Waals surface area contributed by atoms with Gasteiger partial charge in [-0.1, -0.05) is 12.1 Å².